The van der Waals surface area contributed by atoms with Gasteiger partial charge in [-0.3, -0.25) is 4.79 Å². The van der Waals surface area contributed by atoms with E-state index in [0.717, 1.165) is 24.0 Å². The molecule has 2 fully saturated rings. The number of fused-ring (bicyclic) bond motifs is 3. The molecule has 3 aliphatic rings. The Bertz CT molecular complexity index is 1100. The molecule has 3 aliphatic carbocycles. The maximum Gasteiger partial charge on any atom is 0.407 e. The van der Waals surface area contributed by atoms with Crippen molar-refractivity contribution in [3.63, 3.8) is 0 Å². The summed E-state index contributed by atoms with van der Waals surface area (Å²) in [7, 11) is 0. The Morgan fingerprint density at radius 2 is 1.71 bits per heavy atom. The molecule has 0 aromatic heterocycles. The largest absolute Gasteiger partial charge is 0.480 e. The Labute approximate surface area is 205 Å². The van der Waals surface area contributed by atoms with Gasteiger partial charge in [0.25, 0.3) is 0 Å². The van der Waals surface area contributed by atoms with Crippen molar-refractivity contribution < 1.29 is 24.2 Å². The molecule has 7 nitrogen and oxygen atoms in total. The van der Waals surface area contributed by atoms with Gasteiger partial charge >= 0.3 is 12.1 Å². The van der Waals surface area contributed by atoms with E-state index in [0.29, 0.717) is 25.8 Å². The van der Waals surface area contributed by atoms with Crippen LogP contribution in [-0.2, 0) is 14.3 Å². The highest BCUT2D eigenvalue weighted by molar-refractivity contribution is 5.89. The molecule has 0 heterocycles. The van der Waals surface area contributed by atoms with E-state index in [1.54, 1.807) is 0 Å². The fourth-order valence-corrected chi connectivity index (χ4v) is 5.90. The number of carboxylic acid groups (broad SMARTS) is 1. The summed E-state index contributed by atoms with van der Waals surface area (Å²) in [5.74, 6) is -1.17. The number of aliphatic carboxylic acids is 1. The third-order valence-corrected chi connectivity index (χ3v) is 7.88. The Balaban J connectivity index is 1.11. The van der Waals surface area contributed by atoms with Gasteiger partial charge in [-0.2, -0.15) is 0 Å². The summed E-state index contributed by atoms with van der Waals surface area (Å²) < 4.78 is 5.57. The summed E-state index contributed by atoms with van der Waals surface area (Å²) in [6.45, 7) is 2.61. The maximum absolute atomic E-state index is 12.8. The molecule has 0 aliphatic heterocycles. The first-order valence-corrected chi connectivity index (χ1v) is 12.5. The highest BCUT2D eigenvalue weighted by atomic mass is 16.5. The fourth-order valence-electron chi connectivity index (χ4n) is 5.90. The molecule has 0 bridgehead atoms. The van der Waals surface area contributed by atoms with Crippen LogP contribution in [0.4, 0.5) is 4.79 Å². The predicted octanol–water partition coefficient (Wildman–Crippen LogP) is 4.31. The first-order chi connectivity index (χ1) is 16.9. The smallest absolute Gasteiger partial charge is 0.407 e. The van der Waals surface area contributed by atoms with Gasteiger partial charge in [0.05, 0.1) is 0 Å². The molecule has 0 radical (unpaired) electrons. The van der Waals surface area contributed by atoms with Crippen LogP contribution in [0.2, 0.25) is 0 Å². The Kier molecular flexibility index (Phi) is 6.26. The van der Waals surface area contributed by atoms with E-state index in [1.807, 2.05) is 31.2 Å². The van der Waals surface area contributed by atoms with Crippen molar-refractivity contribution in [2.24, 2.45) is 17.8 Å². The van der Waals surface area contributed by atoms with Gasteiger partial charge < -0.3 is 20.5 Å². The van der Waals surface area contributed by atoms with Gasteiger partial charge in [-0.25, -0.2) is 9.59 Å². The van der Waals surface area contributed by atoms with Crippen LogP contribution < -0.4 is 10.6 Å². The second-order valence-electron chi connectivity index (χ2n) is 10.4. The van der Waals surface area contributed by atoms with Crippen LogP contribution in [0, 0.1) is 17.8 Å². The third-order valence-electron chi connectivity index (χ3n) is 7.88. The minimum atomic E-state index is -1.16. The van der Waals surface area contributed by atoms with Crippen LogP contribution in [0.3, 0.4) is 0 Å². The van der Waals surface area contributed by atoms with Crippen LogP contribution in [0.25, 0.3) is 11.1 Å². The number of benzene rings is 2. The second-order valence-corrected chi connectivity index (χ2v) is 10.4. The van der Waals surface area contributed by atoms with Gasteiger partial charge in [0, 0.05) is 18.4 Å². The first kappa shape index (κ1) is 23.4. The lowest BCUT2D eigenvalue weighted by Crippen LogP contribution is -2.57. The number of nitrogens with one attached hydrogen (secondary N) is 2. The number of alkyl carbamates (subject to hydrolysis) is 1. The summed E-state index contributed by atoms with van der Waals surface area (Å²) in [6.07, 6.45) is 2.85. The number of ether oxygens (including phenoxy) is 1. The van der Waals surface area contributed by atoms with Crippen molar-refractivity contribution in [1.82, 2.24) is 10.6 Å². The summed E-state index contributed by atoms with van der Waals surface area (Å²) in [4.78, 5) is 37.1. The SMILES string of the molecule is CC1CCCC(NC(=O)C2CC2CNC(=O)OCC2c3ccccc3-c3ccccc32)(C(=O)O)C1. The van der Waals surface area contributed by atoms with Crippen molar-refractivity contribution in [3.05, 3.63) is 59.7 Å². The van der Waals surface area contributed by atoms with Crippen LogP contribution in [0.15, 0.2) is 48.5 Å². The number of carbonyl (C=O) groups is 3. The van der Waals surface area contributed by atoms with Crippen molar-refractivity contribution in [2.45, 2.75) is 50.5 Å². The zero-order valence-electron chi connectivity index (χ0n) is 20.0. The molecule has 184 valence electrons. The molecule has 2 aromatic carbocycles. The molecule has 4 unspecified atom stereocenters. The normalized spacial score (nSPS) is 26.8. The van der Waals surface area contributed by atoms with E-state index < -0.39 is 17.6 Å². The summed E-state index contributed by atoms with van der Waals surface area (Å²) in [5.41, 5.74) is 3.50. The van der Waals surface area contributed by atoms with E-state index in [1.165, 1.54) is 11.1 Å². The second kappa shape index (κ2) is 9.36. The van der Waals surface area contributed by atoms with E-state index in [9.17, 15) is 19.5 Å². The van der Waals surface area contributed by atoms with Crippen LogP contribution in [0.1, 0.15) is 56.1 Å². The average molecular weight is 477 g/mol. The third kappa shape index (κ3) is 4.64. The predicted molar refractivity (Wildman–Crippen MR) is 131 cm³/mol. The van der Waals surface area contributed by atoms with Gasteiger partial charge in [0.1, 0.15) is 12.1 Å². The molecule has 0 saturated heterocycles. The summed E-state index contributed by atoms with van der Waals surface area (Å²) in [5, 5.41) is 15.4. The molecular formula is C28H32N2O5. The van der Waals surface area contributed by atoms with Crippen LogP contribution in [-0.4, -0.2) is 41.8 Å². The number of hydrogen-bond acceptors (Lipinski definition) is 4. The van der Waals surface area contributed by atoms with Crippen molar-refractivity contribution in [3.8, 4) is 11.1 Å². The molecule has 35 heavy (non-hydrogen) atoms. The molecule has 2 amide bonds. The van der Waals surface area contributed by atoms with Crippen molar-refractivity contribution in [1.29, 1.82) is 0 Å². The number of amides is 2. The van der Waals surface area contributed by atoms with Gasteiger partial charge in [0.2, 0.25) is 5.91 Å². The fraction of sp³-hybridized carbons (Fsp3) is 0.464. The number of carbonyl (C=O) groups excluding carboxylic acids is 2. The molecular weight excluding hydrogens is 444 g/mol. The quantitative estimate of drug-likeness (QED) is 0.552. The summed E-state index contributed by atoms with van der Waals surface area (Å²) >= 11 is 0. The van der Waals surface area contributed by atoms with Crippen LogP contribution >= 0.6 is 0 Å². The molecule has 3 N–H and O–H groups in total. The Morgan fingerprint density at radius 1 is 1.06 bits per heavy atom. The number of hydrogen-bond donors (Lipinski definition) is 3. The van der Waals surface area contributed by atoms with E-state index in [2.05, 4.69) is 34.9 Å². The zero-order valence-corrected chi connectivity index (χ0v) is 20.0. The minimum Gasteiger partial charge on any atom is -0.480 e. The number of carboxylic acids is 1. The summed E-state index contributed by atoms with van der Waals surface area (Å²) in [6, 6.07) is 16.4. The van der Waals surface area contributed by atoms with E-state index >= 15 is 0 Å². The van der Waals surface area contributed by atoms with E-state index in [4.69, 9.17) is 4.74 Å². The highest BCUT2D eigenvalue weighted by Gasteiger charge is 2.49. The lowest BCUT2D eigenvalue weighted by Gasteiger charge is -2.37. The van der Waals surface area contributed by atoms with Gasteiger partial charge in [-0.15, -0.1) is 0 Å². The maximum atomic E-state index is 12.8. The van der Waals surface area contributed by atoms with Gasteiger partial charge in [0.15, 0.2) is 0 Å². The van der Waals surface area contributed by atoms with Crippen molar-refractivity contribution in [2.75, 3.05) is 13.2 Å². The molecule has 7 heteroatoms. The van der Waals surface area contributed by atoms with Crippen LogP contribution in [0.5, 0.6) is 0 Å². The highest BCUT2D eigenvalue weighted by Crippen LogP contribution is 2.44. The zero-order chi connectivity index (χ0) is 24.6. The standard InChI is InChI=1S/C28H32N2O5/c1-17-7-6-12-28(14-17,26(32)33)30-25(31)23-13-18(23)15-29-27(34)35-16-24-21-10-4-2-8-19(21)20-9-3-5-11-22(20)24/h2-5,8-11,17-18,23-24H,6-7,12-16H2,1H3,(H,29,34)(H,30,31)(H,32,33). The average Bonchev–Trinajstić information content (AvgIpc) is 3.57. The van der Waals surface area contributed by atoms with Gasteiger partial charge in [-0.05, 0) is 53.4 Å². The first-order valence-electron chi connectivity index (χ1n) is 12.5. The van der Waals surface area contributed by atoms with Crippen molar-refractivity contribution >= 4 is 18.0 Å². The molecule has 2 aromatic rings. The molecule has 4 atom stereocenters. The topological polar surface area (TPSA) is 105 Å². The lowest BCUT2D eigenvalue weighted by atomic mass is 9.76. The Hall–Kier alpha value is -3.35. The Morgan fingerprint density at radius 3 is 2.34 bits per heavy atom. The molecule has 2 saturated carbocycles. The minimum absolute atomic E-state index is 0.00213. The van der Waals surface area contributed by atoms with E-state index in [-0.39, 0.29) is 36.2 Å². The molecule has 0 spiro atoms. The molecule has 5 rings (SSSR count). The van der Waals surface area contributed by atoms with Gasteiger partial charge in [-0.1, -0.05) is 68.3 Å². The monoisotopic (exact) mass is 476 g/mol. The number of rotatable bonds is 7. The lowest BCUT2D eigenvalue weighted by molar-refractivity contribution is -0.150.